The molecule has 0 spiro atoms. The smallest absolute Gasteiger partial charge is 0.135 e. The molecule has 0 atom stereocenters. The number of hydrogen-bond donors (Lipinski definition) is 1. The molecule has 1 aromatic rings. The zero-order valence-electron chi connectivity index (χ0n) is 8.06. The minimum absolute atomic E-state index is 0. The van der Waals surface area contributed by atoms with Crippen molar-refractivity contribution in [3.8, 4) is 0 Å². The maximum Gasteiger partial charge on any atom is 0.135 e. The van der Waals surface area contributed by atoms with Gasteiger partial charge in [-0.3, -0.25) is 0 Å². The second kappa shape index (κ2) is 4.93. The lowest BCUT2D eigenvalue weighted by atomic mass is 9.93. The molecule has 0 bridgehead atoms. The lowest BCUT2D eigenvalue weighted by Gasteiger charge is -2.40. The van der Waals surface area contributed by atoms with E-state index in [0.717, 1.165) is 18.8 Å². The van der Waals surface area contributed by atoms with Crippen LogP contribution in [0.15, 0.2) is 6.20 Å². The van der Waals surface area contributed by atoms with E-state index >= 15 is 0 Å². The van der Waals surface area contributed by atoms with E-state index in [1.54, 1.807) is 18.0 Å². The third-order valence-electron chi connectivity index (χ3n) is 2.39. The van der Waals surface area contributed by atoms with Crippen LogP contribution in [0, 0.1) is 0 Å². The Kier molecular flexibility index (Phi) is 4.80. The van der Waals surface area contributed by atoms with Gasteiger partial charge in [0.05, 0.1) is 11.9 Å². The molecule has 1 fully saturated rings. The van der Waals surface area contributed by atoms with E-state index < -0.39 is 0 Å². The highest BCUT2D eigenvalue weighted by Crippen LogP contribution is 2.27. The third kappa shape index (κ3) is 1.86. The molecule has 0 aromatic carbocycles. The van der Waals surface area contributed by atoms with Crippen LogP contribution in [0.25, 0.3) is 0 Å². The summed E-state index contributed by atoms with van der Waals surface area (Å²) in [5.41, 5.74) is 0.835. The second-order valence-electron chi connectivity index (χ2n) is 3.04. The molecule has 1 saturated heterocycles. The summed E-state index contributed by atoms with van der Waals surface area (Å²) < 4.78 is 7.19. The minimum Gasteiger partial charge on any atom is -0.369 e. The van der Waals surface area contributed by atoms with Crippen molar-refractivity contribution in [1.82, 2.24) is 20.3 Å². The Morgan fingerprint density at radius 2 is 2.14 bits per heavy atom. The van der Waals surface area contributed by atoms with E-state index in [1.165, 1.54) is 0 Å². The van der Waals surface area contributed by atoms with Gasteiger partial charge < -0.3 is 10.1 Å². The van der Waals surface area contributed by atoms with Gasteiger partial charge in [0.15, 0.2) is 0 Å². The molecular formula is C7H14Cl2N4O. The largest absolute Gasteiger partial charge is 0.369 e. The van der Waals surface area contributed by atoms with Crippen LogP contribution in [-0.4, -0.2) is 35.2 Å². The molecule has 1 aliphatic rings. The van der Waals surface area contributed by atoms with Crippen molar-refractivity contribution in [2.24, 2.45) is 7.05 Å². The number of halogens is 2. The van der Waals surface area contributed by atoms with Crippen molar-refractivity contribution in [2.75, 3.05) is 20.2 Å². The molecule has 2 rings (SSSR count). The number of nitrogens with one attached hydrogen (secondary N) is 1. The van der Waals surface area contributed by atoms with Gasteiger partial charge in [0.25, 0.3) is 0 Å². The summed E-state index contributed by atoms with van der Waals surface area (Å²) in [6.07, 6.45) is 1.75. The van der Waals surface area contributed by atoms with Crippen LogP contribution in [0.3, 0.4) is 0 Å². The normalized spacial score (nSPS) is 17.6. The molecule has 5 nitrogen and oxygen atoms in total. The Morgan fingerprint density at radius 1 is 1.50 bits per heavy atom. The van der Waals surface area contributed by atoms with E-state index in [-0.39, 0.29) is 30.4 Å². The van der Waals surface area contributed by atoms with Crippen molar-refractivity contribution in [2.45, 2.75) is 5.60 Å². The first-order valence-corrected chi connectivity index (χ1v) is 3.89. The van der Waals surface area contributed by atoms with Crippen LogP contribution < -0.4 is 5.32 Å². The van der Waals surface area contributed by atoms with Crippen molar-refractivity contribution >= 4 is 24.8 Å². The van der Waals surface area contributed by atoms with E-state index in [4.69, 9.17) is 4.74 Å². The standard InChI is InChI=1S/C7H12N4O.2ClH/c1-11-6(3-9-10-11)7(12-2)4-8-5-7;;/h3,8H,4-5H2,1-2H3;2*1H. The molecule has 0 aliphatic carbocycles. The predicted octanol–water partition coefficient (Wildman–Crippen LogP) is 0.104. The number of rotatable bonds is 2. The van der Waals surface area contributed by atoms with E-state index in [1.807, 2.05) is 7.05 Å². The summed E-state index contributed by atoms with van der Waals surface area (Å²) in [6.45, 7) is 1.68. The number of methoxy groups -OCH3 is 1. The van der Waals surface area contributed by atoms with Crippen LogP contribution in [0.5, 0.6) is 0 Å². The van der Waals surface area contributed by atoms with Gasteiger partial charge in [-0.25, -0.2) is 4.68 Å². The molecule has 0 saturated carbocycles. The summed E-state index contributed by atoms with van der Waals surface area (Å²) >= 11 is 0. The van der Waals surface area contributed by atoms with Gasteiger partial charge in [0.2, 0.25) is 0 Å². The fourth-order valence-electron chi connectivity index (χ4n) is 1.48. The number of hydrogen-bond acceptors (Lipinski definition) is 4. The number of aryl methyl sites for hydroxylation is 1. The molecule has 0 unspecified atom stereocenters. The van der Waals surface area contributed by atoms with Gasteiger partial charge in [-0.2, -0.15) is 0 Å². The first kappa shape index (κ1) is 13.6. The first-order chi connectivity index (χ1) is 5.78. The molecule has 0 radical (unpaired) electrons. The third-order valence-corrected chi connectivity index (χ3v) is 2.39. The fraction of sp³-hybridized carbons (Fsp3) is 0.714. The van der Waals surface area contributed by atoms with Gasteiger partial charge in [-0.15, -0.1) is 29.9 Å². The zero-order valence-corrected chi connectivity index (χ0v) is 9.69. The highest BCUT2D eigenvalue weighted by Gasteiger charge is 2.41. The van der Waals surface area contributed by atoms with Crippen molar-refractivity contribution < 1.29 is 4.74 Å². The Balaban J connectivity index is 0.000000845. The molecule has 2 heterocycles. The summed E-state index contributed by atoms with van der Waals surface area (Å²) in [7, 11) is 3.59. The predicted molar refractivity (Wildman–Crippen MR) is 57.1 cm³/mol. The summed E-state index contributed by atoms with van der Waals surface area (Å²) in [5, 5.41) is 10.9. The van der Waals surface area contributed by atoms with E-state index in [9.17, 15) is 0 Å². The average Bonchev–Trinajstić information content (AvgIpc) is 2.36. The van der Waals surface area contributed by atoms with E-state index in [2.05, 4.69) is 15.6 Å². The van der Waals surface area contributed by atoms with Crippen LogP contribution in [0.4, 0.5) is 0 Å². The summed E-state index contributed by atoms with van der Waals surface area (Å²) in [4.78, 5) is 0. The summed E-state index contributed by atoms with van der Waals surface area (Å²) in [6, 6.07) is 0. The van der Waals surface area contributed by atoms with Crippen molar-refractivity contribution in [3.63, 3.8) is 0 Å². The quantitative estimate of drug-likeness (QED) is 0.798. The molecule has 14 heavy (non-hydrogen) atoms. The van der Waals surface area contributed by atoms with Gasteiger partial charge in [0, 0.05) is 27.2 Å². The molecular weight excluding hydrogens is 227 g/mol. The van der Waals surface area contributed by atoms with Gasteiger partial charge >= 0.3 is 0 Å². The van der Waals surface area contributed by atoms with Crippen LogP contribution >= 0.6 is 24.8 Å². The highest BCUT2D eigenvalue weighted by atomic mass is 35.5. The zero-order chi connectivity index (χ0) is 8.60. The maximum absolute atomic E-state index is 5.44. The van der Waals surface area contributed by atoms with Crippen LogP contribution in [0.2, 0.25) is 0 Å². The number of aromatic nitrogens is 3. The second-order valence-corrected chi connectivity index (χ2v) is 3.04. The van der Waals surface area contributed by atoms with Gasteiger partial charge in [0.1, 0.15) is 5.60 Å². The highest BCUT2D eigenvalue weighted by molar-refractivity contribution is 5.85. The molecule has 82 valence electrons. The van der Waals surface area contributed by atoms with Crippen LogP contribution in [0.1, 0.15) is 5.69 Å². The van der Waals surface area contributed by atoms with Crippen LogP contribution in [-0.2, 0) is 17.4 Å². The van der Waals surface area contributed by atoms with E-state index in [0.29, 0.717) is 0 Å². The first-order valence-electron chi connectivity index (χ1n) is 3.89. The Morgan fingerprint density at radius 3 is 2.43 bits per heavy atom. The molecule has 0 amide bonds. The van der Waals surface area contributed by atoms with Crippen molar-refractivity contribution in [1.29, 1.82) is 0 Å². The Labute approximate surface area is 95.0 Å². The average molecular weight is 241 g/mol. The Bertz CT molecular complexity index is 281. The lowest BCUT2D eigenvalue weighted by Crippen LogP contribution is -2.58. The summed E-state index contributed by atoms with van der Waals surface area (Å²) in [5.74, 6) is 0. The maximum atomic E-state index is 5.44. The fourth-order valence-corrected chi connectivity index (χ4v) is 1.48. The van der Waals surface area contributed by atoms with Gasteiger partial charge in [-0.1, -0.05) is 5.21 Å². The molecule has 1 aliphatic heterocycles. The number of ether oxygens (including phenoxy) is 1. The molecule has 7 heteroatoms. The lowest BCUT2D eigenvalue weighted by molar-refractivity contribution is -0.0624. The topological polar surface area (TPSA) is 52.0 Å². The molecule has 1 N–H and O–H groups in total. The minimum atomic E-state index is -0.196. The monoisotopic (exact) mass is 240 g/mol. The SMILES string of the molecule is COC1(c2cnnn2C)CNC1.Cl.Cl. The Hall–Kier alpha value is -0.360. The van der Waals surface area contributed by atoms with Crippen molar-refractivity contribution in [3.05, 3.63) is 11.9 Å². The number of nitrogens with zero attached hydrogens (tertiary/aromatic N) is 3. The van der Waals surface area contributed by atoms with Gasteiger partial charge in [-0.05, 0) is 0 Å². The molecule has 1 aromatic heterocycles.